The lowest BCUT2D eigenvalue weighted by molar-refractivity contribution is -0.116. The first kappa shape index (κ1) is 13.6. The highest BCUT2D eigenvalue weighted by molar-refractivity contribution is 6.18. The van der Waals surface area contributed by atoms with Gasteiger partial charge in [-0.25, -0.2) is 4.98 Å². The second kappa shape index (κ2) is 6.38. The smallest absolute Gasteiger partial charge is 0.224 e. The highest BCUT2D eigenvalue weighted by Crippen LogP contribution is 2.20. The monoisotopic (exact) mass is 278 g/mol. The lowest BCUT2D eigenvalue weighted by atomic mass is 10.1. The van der Waals surface area contributed by atoms with Gasteiger partial charge in [-0.15, -0.1) is 11.6 Å². The van der Waals surface area contributed by atoms with Gasteiger partial charge in [-0.3, -0.25) is 4.79 Å². The van der Waals surface area contributed by atoms with Crippen LogP contribution in [-0.4, -0.2) is 16.8 Å². The van der Waals surface area contributed by atoms with Crippen LogP contribution < -0.4 is 5.32 Å². The van der Waals surface area contributed by atoms with E-state index < -0.39 is 0 Å². The molecule has 0 bridgehead atoms. The summed E-state index contributed by atoms with van der Waals surface area (Å²) in [6.07, 6.45) is 2.74. The largest absolute Gasteiger partial charge is 0.449 e. The van der Waals surface area contributed by atoms with Crippen molar-refractivity contribution >= 4 is 23.2 Å². The third-order valence-corrected chi connectivity index (χ3v) is 2.89. The Bertz CT molecular complexity index is 549. The molecule has 0 spiro atoms. The lowest BCUT2D eigenvalue weighted by Crippen LogP contribution is -2.11. The molecule has 1 aromatic heterocycles. The quantitative estimate of drug-likeness (QED) is 0.850. The van der Waals surface area contributed by atoms with Crippen molar-refractivity contribution in [2.24, 2.45) is 0 Å². The van der Waals surface area contributed by atoms with Gasteiger partial charge < -0.3 is 9.73 Å². The van der Waals surface area contributed by atoms with Crippen molar-refractivity contribution in [3.05, 3.63) is 36.4 Å². The van der Waals surface area contributed by atoms with Crippen molar-refractivity contribution in [1.82, 2.24) is 4.98 Å². The number of nitrogens with one attached hydrogen (secondary N) is 1. The SMILES string of the molecule is Cc1nc(-c2ccc(NC(=O)CCCCl)cc2)co1. The first-order valence-electron chi connectivity index (χ1n) is 6.07. The number of oxazole rings is 1. The van der Waals surface area contributed by atoms with Gasteiger partial charge in [0.2, 0.25) is 5.91 Å². The van der Waals surface area contributed by atoms with Gasteiger partial charge in [0.25, 0.3) is 0 Å². The molecule has 0 aliphatic heterocycles. The predicted molar refractivity (Wildman–Crippen MR) is 75.3 cm³/mol. The molecule has 2 aromatic rings. The minimum atomic E-state index is -0.0225. The van der Waals surface area contributed by atoms with Crippen LogP contribution in [0.15, 0.2) is 34.9 Å². The summed E-state index contributed by atoms with van der Waals surface area (Å²) in [5.41, 5.74) is 2.51. The number of halogens is 1. The molecule has 1 heterocycles. The van der Waals surface area contributed by atoms with Crippen molar-refractivity contribution in [2.45, 2.75) is 19.8 Å². The minimum absolute atomic E-state index is 0.0225. The Balaban J connectivity index is 2.00. The molecule has 4 nitrogen and oxygen atoms in total. The number of aromatic nitrogens is 1. The fraction of sp³-hybridized carbons (Fsp3) is 0.286. The first-order chi connectivity index (χ1) is 9.19. The summed E-state index contributed by atoms with van der Waals surface area (Å²) in [4.78, 5) is 15.8. The van der Waals surface area contributed by atoms with Crippen LogP contribution in [0, 0.1) is 6.92 Å². The molecule has 19 heavy (non-hydrogen) atoms. The number of carbonyl (C=O) groups is 1. The van der Waals surface area contributed by atoms with E-state index in [2.05, 4.69) is 10.3 Å². The van der Waals surface area contributed by atoms with E-state index in [1.807, 2.05) is 24.3 Å². The number of anilines is 1. The Hall–Kier alpha value is -1.81. The minimum Gasteiger partial charge on any atom is -0.449 e. The molecule has 0 fully saturated rings. The number of rotatable bonds is 5. The normalized spacial score (nSPS) is 10.4. The van der Waals surface area contributed by atoms with Crippen LogP contribution in [0.25, 0.3) is 11.3 Å². The van der Waals surface area contributed by atoms with Crippen LogP contribution in [-0.2, 0) is 4.79 Å². The van der Waals surface area contributed by atoms with Crippen molar-refractivity contribution in [3.63, 3.8) is 0 Å². The zero-order valence-corrected chi connectivity index (χ0v) is 11.4. The molecule has 100 valence electrons. The molecule has 0 saturated heterocycles. The van der Waals surface area contributed by atoms with Crippen LogP contribution in [0.5, 0.6) is 0 Å². The van der Waals surface area contributed by atoms with Gasteiger partial charge in [0.1, 0.15) is 12.0 Å². The highest BCUT2D eigenvalue weighted by Gasteiger charge is 2.05. The number of carbonyl (C=O) groups excluding carboxylic acids is 1. The van der Waals surface area contributed by atoms with E-state index >= 15 is 0 Å². The molecule has 0 radical (unpaired) electrons. The maximum Gasteiger partial charge on any atom is 0.224 e. The van der Waals surface area contributed by atoms with E-state index in [9.17, 15) is 4.79 Å². The Morgan fingerprint density at radius 2 is 2.11 bits per heavy atom. The van der Waals surface area contributed by atoms with E-state index in [4.69, 9.17) is 16.0 Å². The maximum atomic E-state index is 11.5. The number of amides is 1. The number of alkyl halides is 1. The summed E-state index contributed by atoms with van der Waals surface area (Å²) in [6.45, 7) is 1.80. The number of aryl methyl sites for hydroxylation is 1. The molecular formula is C14H15ClN2O2. The average Bonchev–Trinajstić information content (AvgIpc) is 2.84. The zero-order valence-electron chi connectivity index (χ0n) is 10.6. The number of benzene rings is 1. The van der Waals surface area contributed by atoms with Gasteiger partial charge in [-0.1, -0.05) is 12.1 Å². The fourth-order valence-electron chi connectivity index (χ4n) is 1.67. The Morgan fingerprint density at radius 1 is 1.37 bits per heavy atom. The molecule has 1 aromatic carbocycles. The van der Waals surface area contributed by atoms with Gasteiger partial charge in [0.05, 0.1) is 0 Å². The first-order valence-corrected chi connectivity index (χ1v) is 6.61. The molecule has 0 aliphatic carbocycles. The molecular weight excluding hydrogens is 264 g/mol. The molecule has 2 rings (SSSR count). The van der Waals surface area contributed by atoms with Crippen LogP contribution in [0.2, 0.25) is 0 Å². The van der Waals surface area contributed by atoms with E-state index in [0.29, 0.717) is 24.6 Å². The zero-order chi connectivity index (χ0) is 13.7. The maximum absolute atomic E-state index is 11.5. The van der Waals surface area contributed by atoms with Gasteiger partial charge in [0, 0.05) is 30.5 Å². The third kappa shape index (κ3) is 3.83. The molecule has 0 unspecified atom stereocenters. The summed E-state index contributed by atoms with van der Waals surface area (Å²) < 4.78 is 5.16. The Morgan fingerprint density at radius 3 is 2.68 bits per heavy atom. The molecule has 1 N–H and O–H groups in total. The molecule has 5 heteroatoms. The van der Waals surface area contributed by atoms with E-state index in [1.54, 1.807) is 13.2 Å². The second-order valence-electron chi connectivity index (χ2n) is 4.17. The summed E-state index contributed by atoms with van der Waals surface area (Å²) >= 11 is 5.54. The predicted octanol–water partition coefficient (Wildman–Crippen LogP) is 3.61. The van der Waals surface area contributed by atoms with Crippen LogP contribution in [0.1, 0.15) is 18.7 Å². The lowest BCUT2D eigenvalue weighted by Gasteiger charge is -2.05. The molecule has 0 aliphatic rings. The summed E-state index contributed by atoms with van der Waals surface area (Å²) in [7, 11) is 0. The van der Waals surface area contributed by atoms with Crippen molar-refractivity contribution in [1.29, 1.82) is 0 Å². The van der Waals surface area contributed by atoms with Gasteiger partial charge in [-0.05, 0) is 18.6 Å². The van der Waals surface area contributed by atoms with Crippen molar-refractivity contribution in [2.75, 3.05) is 11.2 Å². The van der Waals surface area contributed by atoms with E-state index in [0.717, 1.165) is 16.9 Å². The van der Waals surface area contributed by atoms with Crippen LogP contribution in [0.3, 0.4) is 0 Å². The number of hydrogen-bond acceptors (Lipinski definition) is 3. The van der Waals surface area contributed by atoms with Crippen molar-refractivity contribution < 1.29 is 9.21 Å². The Labute approximate surface area is 116 Å². The van der Waals surface area contributed by atoms with Gasteiger partial charge >= 0.3 is 0 Å². The van der Waals surface area contributed by atoms with Gasteiger partial charge in [0.15, 0.2) is 5.89 Å². The fourth-order valence-corrected chi connectivity index (χ4v) is 1.80. The molecule has 1 amide bonds. The van der Waals surface area contributed by atoms with E-state index in [1.165, 1.54) is 0 Å². The number of hydrogen-bond donors (Lipinski definition) is 1. The van der Waals surface area contributed by atoms with Crippen LogP contribution in [0.4, 0.5) is 5.69 Å². The van der Waals surface area contributed by atoms with Crippen LogP contribution >= 0.6 is 11.6 Å². The average molecular weight is 279 g/mol. The summed E-state index contributed by atoms with van der Waals surface area (Å²) in [6, 6.07) is 7.48. The standard InChI is InChI=1S/C14H15ClN2O2/c1-10-16-13(9-19-10)11-4-6-12(7-5-11)17-14(18)3-2-8-15/h4-7,9H,2-3,8H2,1H3,(H,17,18). The molecule has 0 atom stereocenters. The molecule has 0 saturated carbocycles. The summed E-state index contributed by atoms with van der Waals surface area (Å²) in [5.74, 6) is 1.11. The number of nitrogens with zero attached hydrogens (tertiary/aromatic N) is 1. The van der Waals surface area contributed by atoms with E-state index in [-0.39, 0.29) is 5.91 Å². The Kier molecular flexibility index (Phi) is 4.58. The third-order valence-electron chi connectivity index (χ3n) is 2.62. The topological polar surface area (TPSA) is 55.1 Å². The second-order valence-corrected chi connectivity index (χ2v) is 4.55. The van der Waals surface area contributed by atoms with Gasteiger partial charge in [-0.2, -0.15) is 0 Å². The highest BCUT2D eigenvalue weighted by atomic mass is 35.5. The van der Waals surface area contributed by atoms with Crippen molar-refractivity contribution in [3.8, 4) is 11.3 Å². The summed E-state index contributed by atoms with van der Waals surface area (Å²) in [5, 5.41) is 2.82.